The highest BCUT2D eigenvalue weighted by atomic mass is 32.2. The van der Waals surface area contributed by atoms with Crippen LogP contribution in [0.2, 0.25) is 0 Å². The van der Waals surface area contributed by atoms with Gasteiger partial charge >= 0.3 is 0 Å². The van der Waals surface area contributed by atoms with Crippen LogP contribution in [0, 0.1) is 6.92 Å². The molecule has 0 aliphatic heterocycles. The van der Waals surface area contributed by atoms with E-state index in [2.05, 4.69) is 11.1 Å². The van der Waals surface area contributed by atoms with Crippen molar-refractivity contribution in [3.05, 3.63) is 59.3 Å². The Labute approximate surface area is 106 Å². The maximum absolute atomic E-state index is 6.26. The lowest BCUT2D eigenvalue weighted by atomic mass is 9.99. The number of aryl methyl sites for hydroxylation is 1. The average Bonchev–Trinajstić information content (AvgIpc) is 2.39. The molecule has 0 fully saturated rings. The van der Waals surface area contributed by atoms with Gasteiger partial charge in [0.2, 0.25) is 0 Å². The molecule has 0 radical (unpaired) electrons. The summed E-state index contributed by atoms with van der Waals surface area (Å²) < 4.78 is 0. The van der Waals surface area contributed by atoms with Gasteiger partial charge in [-0.25, -0.2) is 4.98 Å². The van der Waals surface area contributed by atoms with Crippen molar-refractivity contribution in [2.24, 2.45) is 5.73 Å². The van der Waals surface area contributed by atoms with Gasteiger partial charge in [-0.3, -0.25) is 0 Å². The van der Waals surface area contributed by atoms with Crippen molar-refractivity contribution in [1.29, 1.82) is 0 Å². The number of aromatic nitrogens is 1. The third-order valence-corrected chi connectivity index (χ3v) is 3.45. The number of thioether (sulfide) groups is 1. The van der Waals surface area contributed by atoms with Gasteiger partial charge in [-0.1, -0.05) is 36.4 Å². The van der Waals surface area contributed by atoms with E-state index >= 15 is 0 Å². The van der Waals surface area contributed by atoms with Gasteiger partial charge in [0.05, 0.1) is 11.1 Å². The molecule has 0 saturated carbocycles. The molecule has 0 bridgehead atoms. The van der Waals surface area contributed by atoms with Gasteiger partial charge in [-0.15, -0.1) is 11.8 Å². The van der Waals surface area contributed by atoms with E-state index in [1.165, 1.54) is 0 Å². The third-order valence-electron chi connectivity index (χ3n) is 2.80. The predicted molar refractivity (Wildman–Crippen MR) is 73.2 cm³/mol. The summed E-state index contributed by atoms with van der Waals surface area (Å²) >= 11 is 1.65. The first-order valence-corrected chi connectivity index (χ1v) is 6.77. The van der Waals surface area contributed by atoms with E-state index in [-0.39, 0.29) is 6.04 Å². The second kappa shape index (κ2) is 5.34. The number of benzene rings is 1. The lowest BCUT2D eigenvalue weighted by Crippen LogP contribution is -2.13. The SMILES string of the molecule is CSc1ccc([C@H](N)c2ccccc2)c(C)n1. The largest absolute Gasteiger partial charge is 0.320 e. The molecule has 1 aromatic carbocycles. The van der Waals surface area contributed by atoms with Crippen LogP contribution in [0.4, 0.5) is 0 Å². The van der Waals surface area contributed by atoms with Crippen LogP contribution >= 0.6 is 11.8 Å². The Morgan fingerprint density at radius 1 is 1.12 bits per heavy atom. The fraction of sp³-hybridized carbons (Fsp3) is 0.214. The minimum absolute atomic E-state index is 0.0976. The van der Waals surface area contributed by atoms with E-state index in [0.29, 0.717) is 0 Å². The van der Waals surface area contributed by atoms with Crippen LogP contribution in [0.5, 0.6) is 0 Å². The normalized spacial score (nSPS) is 12.4. The Kier molecular flexibility index (Phi) is 3.82. The van der Waals surface area contributed by atoms with Gasteiger partial charge in [0.15, 0.2) is 0 Å². The van der Waals surface area contributed by atoms with Crippen LogP contribution in [-0.2, 0) is 0 Å². The maximum atomic E-state index is 6.26. The van der Waals surface area contributed by atoms with Crippen LogP contribution in [0.25, 0.3) is 0 Å². The average molecular weight is 244 g/mol. The van der Waals surface area contributed by atoms with Crippen molar-refractivity contribution in [3.63, 3.8) is 0 Å². The van der Waals surface area contributed by atoms with Crippen LogP contribution < -0.4 is 5.73 Å². The highest BCUT2D eigenvalue weighted by Gasteiger charge is 2.12. The first-order valence-electron chi connectivity index (χ1n) is 5.54. The van der Waals surface area contributed by atoms with Crippen LogP contribution in [0.15, 0.2) is 47.5 Å². The number of nitrogens with two attached hydrogens (primary N) is 1. The third kappa shape index (κ3) is 2.68. The molecule has 0 aliphatic carbocycles. The summed E-state index contributed by atoms with van der Waals surface area (Å²) in [6, 6.07) is 14.1. The first-order chi connectivity index (χ1) is 8.22. The van der Waals surface area contributed by atoms with Crippen molar-refractivity contribution in [1.82, 2.24) is 4.98 Å². The monoisotopic (exact) mass is 244 g/mol. The quantitative estimate of drug-likeness (QED) is 0.843. The zero-order chi connectivity index (χ0) is 12.3. The molecule has 3 heteroatoms. The molecule has 2 N–H and O–H groups in total. The lowest BCUT2D eigenvalue weighted by molar-refractivity contribution is 0.837. The molecule has 0 unspecified atom stereocenters. The van der Waals surface area contributed by atoms with Gasteiger partial charge in [0.1, 0.15) is 0 Å². The Morgan fingerprint density at radius 2 is 1.82 bits per heavy atom. The Balaban J connectivity index is 2.34. The van der Waals surface area contributed by atoms with Crippen molar-refractivity contribution >= 4 is 11.8 Å². The molecule has 0 spiro atoms. The minimum Gasteiger partial charge on any atom is -0.320 e. The Morgan fingerprint density at radius 3 is 2.41 bits per heavy atom. The molecule has 2 nitrogen and oxygen atoms in total. The zero-order valence-electron chi connectivity index (χ0n) is 10.1. The molecular formula is C14H16N2S. The number of pyridine rings is 1. The lowest BCUT2D eigenvalue weighted by Gasteiger charge is -2.15. The van der Waals surface area contributed by atoms with Gasteiger partial charge in [-0.2, -0.15) is 0 Å². The fourth-order valence-corrected chi connectivity index (χ4v) is 2.26. The van der Waals surface area contributed by atoms with E-state index < -0.39 is 0 Å². The zero-order valence-corrected chi connectivity index (χ0v) is 10.9. The Hall–Kier alpha value is -1.32. The van der Waals surface area contributed by atoms with Crippen molar-refractivity contribution in [2.45, 2.75) is 18.0 Å². The van der Waals surface area contributed by atoms with E-state index in [1.807, 2.05) is 49.6 Å². The molecule has 0 saturated heterocycles. The summed E-state index contributed by atoms with van der Waals surface area (Å²) in [7, 11) is 0. The van der Waals surface area contributed by atoms with E-state index in [9.17, 15) is 0 Å². The number of nitrogens with zero attached hydrogens (tertiary/aromatic N) is 1. The molecule has 1 atom stereocenters. The van der Waals surface area contributed by atoms with Crippen molar-refractivity contribution < 1.29 is 0 Å². The maximum Gasteiger partial charge on any atom is 0.0960 e. The van der Waals surface area contributed by atoms with E-state index in [0.717, 1.165) is 21.8 Å². The molecular weight excluding hydrogens is 228 g/mol. The molecule has 1 heterocycles. The molecule has 0 amide bonds. The number of rotatable bonds is 3. The number of hydrogen-bond donors (Lipinski definition) is 1. The molecule has 2 rings (SSSR count). The molecule has 0 aliphatic rings. The predicted octanol–water partition coefficient (Wildman–Crippen LogP) is 3.16. The number of hydrogen-bond acceptors (Lipinski definition) is 3. The highest BCUT2D eigenvalue weighted by molar-refractivity contribution is 7.98. The second-order valence-corrected chi connectivity index (χ2v) is 4.74. The van der Waals surface area contributed by atoms with Crippen molar-refractivity contribution in [2.75, 3.05) is 6.26 Å². The smallest absolute Gasteiger partial charge is 0.0960 e. The summed E-state index contributed by atoms with van der Waals surface area (Å²) in [4.78, 5) is 4.52. The summed E-state index contributed by atoms with van der Waals surface area (Å²) in [6.45, 7) is 2.01. The molecule has 2 aromatic rings. The van der Waals surface area contributed by atoms with E-state index in [1.54, 1.807) is 11.8 Å². The molecule has 1 aromatic heterocycles. The topological polar surface area (TPSA) is 38.9 Å². The molecule has 17 heavy (non-hydrogen) atoms. The van der Waals surface area contributed by atoms with Crippen LogP contribution in [-0.4, -0.2) is 11.2 Å². The van der Waals surface area contributed by atoms with Gasteiger partial charge in [0.25, 0.3) is 0 Å². The second-order valence-electron chi connectivity index (χ2n) is 3.92. The van der Waals surface area contributed by atoms with Crippen LogP contribution in [0.1, 0.15) is 22.9 Å². The van der Waals surface area contributed by atoms with Crippen LogP contribution in [0.3, 0.4) is 0 Å². The first kappa shape index (κ1) is 12.1. The summed E-state index contributed by atoms with van der Waals surface area (Å²) in [5.74, 6) is 0. The van der Waals surface area contributed by atoms with Gasteiger partial charge in [-0.05, 0) is 30.4 Å². The summed E-state index contributed by atoms with van der Waals surface area (Å²) in [5.41, 5.74) is 9.48. The van der Waals surface area contributed by atoms with Crippen molar-refractivity contribution in [3.8, 4) is 0 Å². The highest BCUT2D eigenvalue weighted by Crippen LogP contribution is 2.23. The Bertz CT molecular complexity index is 497. The van der Waals surface area contributed by atoms with Gasteiger partial charge in [0, 0.05) is 5.69 Å². The van der Waals surface area contributed by atoms with Gasteiger partial charge < -0.3 is 5.73 Å². The summed E-state index contributed by atoms with van der Waals surface area (Å²) in [5, 5.41) is 1.03. The van der Waals surface area contributed by atoms with E-state index in [4.69, 9.17) is 5.73 Å². The minimum atomic E-state index is -0.0976. The fourth-order valence-electron chi connectivity index (χ4n) is 1.83. The molecule has 88 valence electrons. The standard InChI is InChI=1S/C14H16N2S/c1-10-12(8-9-13(16-10)17-2)14(15)11-6-4-3-5-7-11/h3-9,14H,15H2,1-2H3/t14-/m1/s1. The summed E-state index contributed by atoms with van der Waals surface area (Å²) in [6.07, 6.45) is 2.03.